The zero-order valence-electron chi connectivity index (χ0n) is 37.0. The first kappa shape index (κ1) is 48.5. The van der Waals surface area contributed by atoms with Gasteiger partial charge in [0.25, 0.3) is 20.0 Å². The first-order valence-electron chi connectivity index (χ1n) is 21.3. The molecule has 6 aromatic carbocycles. The zero-order valence-corrected chi connectivity index (χ0v) is 38.6. The van der Waals surface area contributed by atoms with Crippen LogP contribution in [0, 0.1) is 0 Å². The molecule has 8 rings (SSSR count). The fourth-order valence-corrected chi connectivity index (χ4v) is 8.99. The molecule has 0 aliphatic carbocycles. The molecular formula is C51H46N8O8S2. The van der Waals surface area contributed by atoms with E-state index in [0.717, 1.165) is 22.3 Å². The zero-order chi connectivity index (χ0) is 48.6. The summed E-state index contributed by atoms with van der Waals surface area (Å²) in [4.78, 5) is 41.4. The number of carbonyl (C=O) groups is 2. The molecule has 69 heavy (non-hydrogen) atoms. The van der Waals surface area contributed by atoms with E-state index >= 15 is 0 Å². The maximum absolute atomic E-state index is 12.5. The number of rotatable bonds is 18. The SMILES string of the molecule is COC(=O)C(Cc1ccccc1)Nc1cc(-c2ccc(NS(=O)(=O)c3ccccc3)cc2)ncn1.O=C(O)C(Cc1ccccc1)Nc1cc(-c2ccc(NS(=O)(=O)c3ccccc3)cc2)ncn1. The summed E-state index contributed by atoms with van der Waals surface area (Å²) in [6.07, 6.45) is 3.49. The van der Waals surface area contributed by atoms with Crippen molar-refractivity contribution in [1.29, 1.82) is 0 Å². The third-order valence-electron chi connectivity index (χ3n) is 10.3. The average Bonchev–Trinajstić information content (AvgIpc) is 3.37. The number of anilines is 4. The Morgan fingerprint density at radius 1 is 0.507 bits per heavy atom. The van der Waals surface area contributed by atoms with E-state index in [4.69, 9.17) is 4.74 Å². The number of nitrogens with one attached hydrogen (secondary N) is 4. The molecular weight excluding hydrogens is 917 g/mol. The van der Waals surface area contributed by atoms with E-state index in [1.807, 2.05) is 60.7 Å². The second-order valence-corrected chi connectivity index (χ2v) is 18.6. The standard InChI is InChI=1S/C26H24N4O4S.C25H22N4O4S/c1-34-26(31)24(16-19-8-4-2-5-9-19)29-25-17-23(27-18-28-25)20-12-14-21(15-13-20)30-35(32,33)22-10-6-3-7-11-22;30-25(31)23(15-18-7-3-1-4-8-18)28-24-16-22(26-17-27-24)19-11-13-20(14-12-19)29-34(32,33)21-9-5-2-6-10-21/h2-15,17-18,24,30H,16H2,1H3,(H,27,28,29);1-14,16-17,23,29H,15H2,(H,30,31)(H,26,27,28). The predicted octanol–water partition coefficient (Wildman–Crippen LogP) is 8.19. The lowest BCUT2D eigenvalue weighted by Crippen LogP contribution is -2.33. The van der Waals surface area contributed by atoms with Crippen LogP contribution in [0.5, 0.6) is 0 Å². The Balaban J connectivity index is 0.000000204. The van der Waals surface area contributed by atoms with Crippen LogP contribution in [0.2, 0.25) is 0 Å². The predicted molar refractivity (Wildman–Crippen MR) is 264 cm³/mol. The summed E-state index contributed by atoms with van der Waals surface area (Å²) in [5.74, 6) is -0.541. The molecule has 2 unspecified atom stereocenters. The van der Waals surface area contributed by atoms with Crippen molar-refractivity contribution in [3.63, 3.8) is 0 Å². The Morgan fingerprint density at radius 2 is 0.870 bits per heavy atom. The maximum Gasteiger partial charge on any atom is 0.328 e. The number of esters is 1. The summed E-state index contributed by atoms with van der Waals surface area (Å²) in [5, 5.41) is 15.7. The van der Waals surface area contributed by atoms with E-state index in [2.05, 4.69) is 40.0 Å². The normalized spacial score (nSPS) is 12.0. The van der Waals surface area contributed by atoms with Gasteiger partial charge in [-0.15, -0.1) is 0 Å². The molecule has 0 radical (unpaired) electrons. The van der Waals surface area contributed by atoms with Crippen LogP contribution in [-0.4, -0.2) is 73.0 Å². The highest BCUT2D eigenvalue weighted by atomic mass is 32.2. The Hall–Kier alpha value is -8.48. The molecule has 350 valence electrons. The molecule has 0 saturated carbocycles. The van der Waals surface area contributed by atoms with Crippen LogP contribution in [0.3, 0.4) is 0 Å². The molecule has 0 fully saturated rings. The molecule has 18 heteroatoms. The smallest absolute Gasteiger partial charge is 0.328 e. The highest BCUT2D eigenvalue weighted by molar-refractivity contribution is 7.93. The van der Waals surface area contributed by atoms with Crippen molar-refractivity contribution >= 4 is 55.0 Å². The number of ether oxygens (including phenoxy) is 1. The van der Waals surface area contributed by atoms with Crippen molar-refractivity contribution in [2.75, 3.05) is 27.2 Å². The summed E-state index contributed by atoms with van der Waals surface area (Å²) in [6.45, 7) is 0. The monoisotopic (exact) mass is 962 g/mol. The highest BCUT2D eigenvalue weighted by Crippen LogP contribution is 2.25. The van der Waals surface area contributed by atoms with Crippen molar-refractivity contribution in [3.05, 3.63) is 206 Å². The van der Waals surface area contributed by atoms with Crippen molar-refractivity contribution in [3.8, 4) is 22.5 Å². The largest absolute Gasteiger partial charge is 0.480 e. The van der Waals surface area contributed by atoms with Crippen LogP contribution in [0.4, 0.5) is 23.0 Å². The van der Waals surface area contributed by atoms with Gasteiger partial charge in [-0.2, -0.15) is 0 Å². The molecule has 2 heterocycles. The van der Waals surface area contributed by atoms with Crippen LogP contribution < -0.4 is 20.1 Å². The summed E-state index contributed by atoms with van der Waals surface area (Å²) >= 11 is 0. The van der Waals surface area contributed by atoms with Gasteiger partial charge >= 0.3 is 11.9 Å². The van der Waals surface area contributed by atoms with Crippen molar-refractivity contribution in [1.82, 2.24) is 19.9 Å². The number of aliphatic carboxylic acids is 1. The summed E-state index contributed by atoms with van der Waals surface area (Å²) < 4.78 is 60.1. The lowest BCUT2D eigenvalue weighted by atomic mass is 10.1. The van der Waals surface area contributed by atoms with Gasteiger partial charge < -0.3 is 20.5 Å². The van der Waals surface area contributed by atoms with Gasteiger partial charge in [0.1, 0.15) is 36.4 Å². The molecule has 0 spiro atoms. The summed E-state index contributed by atoms with van der Waals surface area (Å²) in [7, 11) is -6.02. The minimum Gasteiger partial charge on any atom is -0.480 e. The van der Waals surface area contributed by atoms with Gasteiger partial charge in [0.2, 0.25) is 0 Å². The molecule has 0 amide bonds. The van der Waals surface area contributed by atoms with Gasteiger partial charge in [-0.25, -0.2) is 46.4 Å². The Morgan fingerprint density at radius 3 is 1.25 bits per heavy atom. The minimum atomic E-state index is -3.69. The molecule has 0 aliphatic rings. The molecule has 8 aromatic rings. The molecule has 0 aliphatic heterocycles. The Kier molecular flexibility index (Phi) is 16.0. The van der Waals surface area contributed by atoms with Gasteiger partial charge in [-0.3, -0.25) is 9.44 Å². The third kappa shape index (κ3) is 13.8. The molecule has 2 atom stereocenters. The summed E-state index contributed by atoms with van der Waals surface area (Å²) in [5.41, 5.74) is 5.39. The lowest BCUT2D eigenvalue weighted by Gasteiger charge is -2.17. The number of aromatic nitrogens is 4. The van der Waals surface area contributed by atoms with E-state index in [1.54, 1.807) is 97.1 Å². The topological polar surface area (TPSA) is 232 Å². The van der Waals surface area contributed by atoms with Crippen molar-refractivity contribution in [2.24, 2.45) is 0 Å². The van der Waals surface area contributed by atoms with Gasteiger partial charge in [0, 0.05) is 47.5 Å². The Labute approximate surface area is 399 Å². The molecule has 0 saturated heterocycles. The van der Waals surface area contributed by atoms with E-state index in [-0.39, 0.29) is 9.79 Å². The first-order chi connectivity index (χ1) is 33.3. The quantitative estimate of drug-likeness (QED) is 0.0511. The number of hydrogen-bond donors (Lipinski definition) is 5. The first-order valence-corrected chi connectivity index (χ1v) is 24.2. The van der Waals surface area contributed by atoms with E-state index in [0.29, 0.717) is 47.2 Å². The van der Waals surface area contributed by atoms with Crippen LogP contribution in [0.1, 0.15) is 11.1 Å². The molecule has 2 aromatic heterocycles. The van der Waals surface area contributed by atoms with Crippen molar-refractivity contribution < 1.29 is 36.3 Å². The van der Waals surface area contributed by atoms with Crippen LogP contribution >= 0.6 is 0 Å². The number of carboxylic acids is 1. The third-order valence-corrected chi connectivity index (χ3v) is 13.1. The van der Waals surface area contributed by atoms with E-state index in [9.17, 15) is 31.5 Å². The minimum absolute atomic E-state index is 0.175. The molecule has 5 N–H and O–H groups in total. The van der Waals surface area contributed by atoms with Gasteiger partial charge in [0.15, 0.2) is 0 Å². The number of methoxy groups -OCH3 is 1. The molecule has 16 nitrogen and oxygen atoms in total. The van der Waals surface area contributed by atoms with Gasteiger partial charge in [-0.1, -0.05) is 121 Å². The fourth-order valence-electron chi connectivity index (χ4n) is 6.83. The number of hydrogen-bond acceptors (Lipinski definition) is 13. The number of carbonyl (C=O) groups excluding carboxylic acids is 1. The Bertz CT molecular complexity index is 3180. The van der Waals surface area contributed by atoms with Crippen LogP contribution in [0.25, 0.3) is 22.5 Å². The highest BCUT2D eigenvalue weighted by Gasteiger charge is 2.22. The van der Waals surface area contributed by atoms with Crippen LogP contribution in [0.15, 0.2) is 204 Å². The number of nitrogens with zero attached hydrogens (tertiary/aromatic N) is 4. The van der Waals surface area contributed by atoms with E-state index < -0.39 is 44.1 Å². The number of carboxylic acid groups (broad SMARTS) is 1. The second kappa shape index (κ2) is 22.8. The van der Waals surface area contributed by atoms with Gasteiger partial charge in [0.05, 0.1) is 28.3 Å². The second-order valence-electron chi connectivity index (χ2n) is 15.2. The lowest BCUT2D eigenvalue weighted by molar-refractivity contribution is -0.141. The van der Waals surface area contributed by atoms with Crippen molar-refractivity contribution in [2.45, 2.75) is 34.7 Å². The van der Waals surface area contributed by atoms with E-state index in [1.165, 1.54) is 44.0 Å². The molecule has 0 bridgehead atoms. The number of sulfonamides is 2. The summed E-state index contributed by atoms with van der Waals surface area (Å²) in [6, 6.07) is 50.7. The fraction of sp³-hybridized carbons (Fsp3) is 0.0980. The number of benzene rings is 6. The van der Waals surface area contributed by atoms with Crippen LogP contribution in [-0.2, 0) is 47.2 Å². The average molecular weight is 963 g/mol. The van der Waals surface area contributed by atoms with Gasteiger partial charge in [-0.05, 0) is 59.7 Å². The maximum atomic E-state index is 12.5.